The van der Waals surface area contributed by atoms with E-state index >= 15 is 0 Å². The molecular weight excluding hydrogens is 544 g/mol. The minimum Gasteiger partial charge on any atom is -0.465 e. The molecule has 0 radical (unpaired) electrons. The molecule has 0 heterocycles. The van der Waals surface area contributed by atoms with Gasteiger partial charge in [0.1, 0.15) is 0 Å². The van der Waals surface area contributed by atoms with E-state index in [-0.39, 0.29) is 43.2 Å². The topological polar surface area (TPSA) is 158 Å². The van der Waals surface area contributed by atoms with Crippen molar-refractivity contribution in [2.45, 2.75) is 9.79 Å². The number of carbonyl (C=O) groups excluding carboxylic acids is 6. The van der Waals surface area contributed by atoms with Crippen molar-refractivity contribution in [3.8, 4) is 0 Å². The summed E-state index contributed by atoms with van der Waals surface area (Å²) in [5.41, 5.74) is -1.04. The summed E-state index contributed by atoms with van der Waals surface area (Å²) in [7, 11) is 8.20. The van der Waals surface area contributed by atoms with E-state index in [0.29, 0.717) is 0 Å². The van der Waals surface area contributed by atoms with E-state index in [2.05, 4.69) is 0 Å². The molecule has 0 fully saturated rings. The number of hydrogen-bond donors (Lipinski definition) is 0. The van der Waals surface area contributed by atoms with Crippen LogP contribution in [0.25, 0.3) is 0 Å². The number of benzene rings is 2. The fourth-order valence-corrected chi connectivity index (χ4v) is 5.71. The fraction of sp³-hybridized carbons (Fsp3) is 0.250. The van der Waals surface area contributed by atoms with Crippen LogP contribution in [0.2, 0.25) is 0 Å². The summed E-state index contributed by atoms with van der Waals surface area (Å²) in [4.78, 5) is 74.8. The molecule has 0 unspecified atom stereocenters. The molecule has 0 aliphatic carbocycles. The lowest BCUT2D eigenvalue weighted by molar-refractivity contribution is 0.0565. The van der Waals surface area contributed by atoms with Crippen LogP contribution in [0.5, 0.6) is 0 Å². The number of methoxy groups -OCH3 is 6. The van der Waals surface area contributed by atoms with E-state index in [9.17, 15) is 28.8 Å². The van der Waals surface area contributed by atoms with Crippen LogP contribution in [0.15, 0.2) is 34.1 Å². The molecule has 38 heavy (non-hydrogen) atoms. The third kappa shape index (κ3) is 6.44. The van der Waals surface area contributed by atoms with Gasteiger partial charge < -0.3 is 28.4 Å². The van der Waals surface area contributed by atoms with Crippen LogP contribution in [0.4, 0.5) is 0 Å². The molecule has 0 N–H and O–H groups in total. The Hall–Kier alpha value is -4.04. The van der Waals surface area contributed by atoms with Crippen molar-refractivity contribution in [3.05, 3.63) is 57.6 Å². The summed E-state index contributed by atoms with van der Waals surface area (Å²) in [5, 5.41) is 0. The second kappa shape index (κ2) is 13.5. The van der Waals surface area contributed by atoms with Gasteiger partial charge in [-0.3, -0.25) is 0 Å². The maximum Gasteiger partial charge on any atom is 0.339 e. The highest BCUT2D eigenvalue weighted by Crippen LogP contribution is 2.45. The number of ether oxygens (including phenoxy) is 6. The number of rotatable bonds is 9. The smallest absolute Gasteiger partial charge is 0.339 e. The molecule has 0 atom stereocenters. The lowest BCUT2D eigenvalue weighted by Gasteiger charge is -2.16. The van der Waals surface area contributed by atoms with Gasteiger partial charge in [0.15, 0.2) is 0 Å². The molecule has 0 aliphatic heterocycles. The van der Waals surface area contributed by atoms with Gasteiger partial charge in [-0.1, -0.05) is 21.6 Å². The van der Waals surface area contributed by atoms with Gasteiger partial charge in [0, 0.05) is 9.79 Å². The number of hydrogen-bond acceptors (Lipinski definition) is 14. The Labute approximate surface area is 224 Å². The Morgan fingerprint density at radius 3 is 0.816 bits per heavy atom. The van der Waals surface area contributed by atoms with Gasteiger partial charge in [0.05, 0.1) is 76.0 Å². The van der Waals surface area contributed by atoms with Gasteiger partial charge in [-0.15, -0.1) is 0 Å². The van der Waals surface area contributed by atoms with Crippen molar-refractivity contribution < 1.29 is 57.2 Å². The van der Waals surface area contributed by atoms with Crippen LogP contribution in [-0.2, 0) is 28.4 Å². The molecule has 202 valence electrons. The molecule has 0 saturated carbocycles. The molecule has 0 aromatic heterocycles. The van der Waals surface area contributed by atoms with Gasteiger partial charge >= 0.3 is 35.8 Å². The zero-order valence-corrected chi connectivity index (χ0v) is 22.7. The first kappa shape index (κ1) is 30.2. The number of carbonyl (C=O) groups is 6. The average molecular weight is 567 g/mol. The van der Waals surface area contributed by atoms with Crippen molar-refractivity contribution in [2.75, 3.05) is 42.7 Å². The van der Waals surface area contributed by atoms with Crippen LogP contribution in [0.1, 0.15) is 62.1 Å². The molecule has 0 bridgehead atoms. The van der Waals surface area contributed by atoms with Crippen LogP contribution in [0.3, 0.4) is 0 Å². The monoisotopic (exact) mass is 566 g/mol. The van der Waals surface area contributed by atoms with Crippen LogP contribution in [0, 0.1) is 0 Å². The molecule has 14 heteroatoms. The van der Waals surface area contributed by atoms with Gasteiger partial charge in [0.25, 0.3) is 0 Å². The fourth-order valence-electron chi connectivity index (χ4n) is 3.04. The molecule has 0 amide bonds. The van der Waals surface area contributed by atoms with Crippen molar-refractivity contribution in [3.63, 3.8) is 0 Å². The van der Waals surface area contributed by atoms with E-state index in [1.54, 1.807) is 0 Å². The van der Waals surface area contributed by atoms with Gasteiger partial charge in [0.2, 0.25) is 0 Å². The highest BCUT2D eigenvalue weighted by molar-refractivity contribution is 8.76. The SMILES string of the molecule is COC(=O)c1cc(C(=O)OC)c(SSc2c(C(=O)OC)cc(C(=O)OC)cc2C(=O)OC)c(C(=O)OC)c1. The molecule has 0 saturated heterocycles. The normalized spacial score (nSPS) is 10.2. The third-order valence-electron chi connectivity index (χ3n) is 4.85. The molecular formula is C24H22O12S2. The second-order valence-electron chi connectivity index (χ2n) is 6.92. The summed E-state index contributed by atoms with van der Waals surface area (Å²) in [5.74, 6) is -5.25. The zero-order valence-electron chi connectivity index (χ0n) is 21.0. The summed E-state index contributed by atoms with van der Waals surface area (Å²) in [6.45, 7) is 0. The Morgan fingerprint density at radius 2 is 0.632 bits per heavy atom. The minimum atomic E-state index is -0.897. The highest BCUT2D eigenvalue weighted by atomic mass is 33.1. The molecule has 0 spiro atoms. The largest absolute Gasteiger partial charge is 0.465 e. The lowest BCUT2D eigenvalue weighted by Crippen LogP contribution is -2.14. The van der Waals surface area contributed by atoms with E-state index in [1.807, 2.05) is 0 Å². The quantitative estimate of drug-likeness (QED) is 0.247. The van der Waals surface area contributed by atoms with Crippen molar-refractivity contribution in [1.29, 1.82) is 0 Å². The average Bonchev–Trinajstić information content (AvgIpc) is 2.96. The van der Waals surface area contributed by atoms with Gasteiger partial charge in [-0.05, 0) is 24.3 Å². The van der Waals surface area contributed by atoms with Gasteiger partial charge in [-0.25, -0.2) is 28.8 Å². The van der Waals surface area contributed by atoms with Crippen LogP contribution < -0.4 is 0 Å². The Kier molecular flexibility index (Phi) is 10.7. The third-order valence-corrected chi connectivity index (χ3v) is 7.40. The molecule has 2 aromatic carbocycles. The number of esters is 6. The highest BCUT2D eigenvalue weighted by Gasteiger charge is 2.29. The predicted octanol–water partition coefficient (Wildman–Crippen LogP) is 3.21. The summed E-state index contributed by atoms with van der Waals surface area (Å²) >= 11 is 0. The van der Waals surface area contributed by atoms with E-state index < -0.39 is 35.8 Å². The van der Waals surface area contributed by atoms with Crippen molar-refractivity contribution in [2.24, 2.45) is 0 Å². The summed E-state index contributed by atoms with van der Waals surface area (Å²) in [6, 6.07) is 4.65. The zero-order chi connectivity index (χ0) is 28.6. The van der Waals surface area contributed by atoms with Crippen LogP contribution in [-0.4, -0.2) is 78.5 Å². The Balaban J connectivity index is 2.81. The predicted molar refractivity (Wildman–Crippen MR) is 133 cm³/mol. The van der Waals surface area contributed by atoms with E-state index in [0.717, 1.165) is 88.5 Å². The van der Waals surface area contributed by atoms with Gasteiger partial charge in [-0.2, -0.15) is 0 Å². The van der Waals surface area contributed by atoms with Crippen molar-refractivity contribution in [1.82, 2.24) is 0 Å². The molecule has 2 rings (SSSR count). The van der Waals surface area contributed by atoms with Crippen LogP contribution >= 0.6 is 21.6 Å². The maximum absolute atomic E-state index is 12.6. The first-order chi connectivity index (χ1) is 18.1. The molecule has 0 aliphatic rings. The molecule has 12 nitrogen and oxygen atoms in total. The lowest BCUT2D eigenvalue weighted by atomic mass is 10.1. The summed E-state index contributed by atoms with van der Waals surface area (Å²) in [6.07, 6.45) is 0. The standard InChI is InChI=1S/C24H22O12S2/c1-31-19(25)11-7-13(21(27)33-3)17(14(8-11)22(28)34-4)37-38-18-15(23(29)35-5)9-12(20(26)32-2)10-16(18)24(30)36-6/h7-10H,1-6H3. The first-order valence-electron chi connectivity index (χ1n) is 10.3. The first-order valence-corrected chi connectivity index (χ1v) is 12.4. The molecule has 2 aromatic rings. The Bertz CT molecular complexity index is 1130. The van der Waals surface area contributed by atoms with Crippen molar-refractivity contribution >= 4 is 57.4 Å². The second-order valence-corrected chi connectivity index (χ2v) is 9.07. The summed E-state index contributed by atoms with van der Waals surface area (Å²) < 4.78 is 28.6. The minimum absolute atomic E-state index is 0.00923. The maximum atomic E-state index is 12.6. The van der Waals surface area contributed by atoms with E-state index in [1.165, 1.54) is 0 Å². The van der Waals surface area contributed by atoms with E-state index in [4.69, 9.17) is 28.4 Å². The Morgan fingerprint density at radius 1 is 0.421 bits per heavy atom.